The Balaban J connectivity index is 1.65. The molecule has 2 heterocycles. The largest absolute Gasteiger partial charge is 0.368 e. The summed E-state index contributed by atoms with van der Waals surface area (Å²) in [5.41, 5.74) is 1.71. The average molecular weight is 366 g/mol. The highest BCUT2D eigenvalue weighted by molar-refractivity contribution is 6.33. The molecule has 0 N–H and O–H groups in total. The molecule has 1 fully saturated rings. The lowest BCUT2D eigenvalue weighted by molar-refractivity contribution is -0.384. The zero-order valence-electron chi connectivity index (χ0n) is 14.2. The minimum Gasteiger partial charge on any atom is -0.368 e. The van der Waals surface area contributed by atoms with Crippen molar-refractivity contribution in [1.29, 1.82) is 0 Å². The number of nitrogens with zero attached hydrogens (tertiary/aromatic N) is 5. The van der Waals surface area contributed by atoms with Crippen LogP contribution in [0.4, 0.5) is 11.4 Å². The molecule has 0 radical (unpaired) electrons. The van der Waals surface area contributed by atoms with E-state index in [2.05, 4.69) is 19.9 Å². The van der Waals surface area contributed by atoms with Crippen molar-refractivity contribution in [2.45, 2.75) is 26.8 Å². The zero-order chi connectivity index (χ0) is 18.0. The van der Waals surface area contributed by atoms with E-state index in [0.717, 1.165) is 43.9 Å². The molecule has 0 unspecified atom stereocenters. The van der Waals surface area contributed by atoms with Crippen LogP contribution in [0.25, 0.3) is 0 Å². The molecular weight excluding hydrogens is 346 g/mol. The predicted molar refractivity (Wildman–Crippen MR) is 94.0 cm³/mol. The number of benzene rings is 1. The summed E-state index contributed by atoms with van der Waals surface area (Å²) in [6.07, 6.45) is 0.735. The Bertz CT molecular complexity index is 748. The fourth-order valence-electron chi connectivity index (χ4n) is 3.05. The number of non-ortho nitro benzene ring substituents is 1. The summed E-state index contributed by atoms with van der Waals surface area (Å²) in [4.78, 5) is 19.3. The molecule has 1 saturated heterocycles. The van der Waals surface area contributed by atoms with Crippen molar-refractivity contribution in [3.63, 3.8) is 0 Å². The van der Waals surface area contributed by atoms with Crippen molar-refractivity contribution in [3.05, 3.63) is 44.5 Å². The predicted octanol–water partition coefficient (Wildman–Crippen LogP) is 2.82. The fourth-order valence-corrected chi connectivity index (χ4v) is 3.43. The lowest BCUT2D eigenvalue weighted by atomic mass is 10.1. The first-order chi connectivity index (χ1) is 12.0. The molecule has 0 bridgehead atoms. The molecule has 1 aromatic heterocycles. The topological polar surface area (TPSA) is 88.5 Å². The summed E-state index contributed by atoms with van der Waals surface area (Å²) >= 11 is 6.30. The normalized spacial score (nSPS) is 15.6. The van der Waals surface area contributed by atoms with E-state index < -0.39 is 4.92 Å². The first-order valence-corrected chi connectivity index (χ1v) is 8.59. The first-order valence-electron chi connectivity index (χ1n) is 8.21. The standard InChI is InChI=1S/C16H20ClN5O3/c1-3-15-18-14(19-25-15)10-20-4-6-21(7-5-20)16-11(2)8-12(22(23)24)9-13(16)17/h8-9H,3-7,10H2,1-2H3. The van der Waals surface area contributed by atoms with Gasteiger partial charge in [0.1, 0.15) is 0 Å². The molecule has 0 spiro atoms. The van der Waals surface area contributed by atoms with Gasteiger partial charge in [-0.15, -0.1) is 0 Å². The van der Waals surface area contributed by atoms with Gasteiger partial charge in [-0.05, 0) is 12.5 Å². The van der Waals surface area contributed by atoms with E-state index in [1.807, 2.05) is 13.8 Å². The Labute approximate surface area is 150 Å². The van der Waals surface area contributed by atoms with Crippen LogP contribution in [0.1, 0.15) is 24.2 Å². The van der Waals surface area contributed by atoms with Crippen LogP contribution >= 0.6 is 11.6 Å². The minimum atomic E-state index is -0.421. The van der Waals surface area contributed by atoms with Gasteiger partial charge in [0.25, 0.3) is 5.69 Å². The number of hydrogen-bond donors (Lipinski definition) is 0. The van der Waals surface area contributed by atoms with Crippen LogP contribution in [-0.2, 0) is 13.0 Å². The maximum atomic E-state index is 10.9. The molecule has 1 aromatic carbocycles. The molecular formula is C16H20ClN5O3. The van der Waals surface area contributed by atoms with Crippen LogP contribution in [0.15, 0.2) is 16.7 Å². The Morgan fingerprint density at radius 3 is 2.60 bits per heavy atom. The number of aryl methyl sites for hydroxylation is 2. The highest BCUT2D eigenvalue weighted by atomic mass is 35.5. The fraction of sp³-hybridized carbons (Fsp3) is 0.500. The average Bonchev–Trinajstić information content (AvgIpc) is 3.03. The molecule has 134 valence electrons. The maximum Gasteiger partial charge on any atom is 0.271 e. The molecule has 3 rings (SSSR count). The van der Waals surface area contributed by atoms with Crippen molar-refractivity contribution >= 4 is 23.0 Å². The van der Waals surface area contributed by atoms with E-state index >= 15 is 0 Å². The van der Waals surface area contributed by atoms with Crippen LogP contribution in [0.3, 0.4) is 0 Å². The molecule has 25 heavy (non-hydrogen) atoms. The van der Waals surface area contributed by atoms with Crippen molar-refractivity contribution in [1.82, 2.24) is 15.0 Å². The first kappa shape index (κ1) is 17.6. The third-order valence-corrected chi connectivity index (χ3v) is 4.60. The maximum absolute atomic E-state index is 10.9. The number of hydrogen-bond acceptors (Lipinski definition) is 7. The second-order valence-corrected chi connectivity index (χ2v) is 6.48. The van der Waals surface area contributed by atoms with E-state index in [1.54, 1.807) is 6.07 Å². The zero-order valence-corrected chi connectivity index (χ0v) is 15.0. The molecule has 1 aliphatic heterocycles. The molecule has 2 aromatic rings. The van der Waals surface area contributed by atoms with Gasteiger partial charge in [0.2, 0.25) is 5.89 Å². The lowest BCUT2D eigenvalue weighted by Gasteiger charge is -2.36. The highest BCUT2D eigenvalue weighted by Gasteiger charge is 2.23. The molecule has 9 heteroatoms. The quantitative estimate of drug-likeness (QED) is 0.594. The minimum absolute atomic E-state index is 0.0220. The van der Waals surface area contributed by atoms with Gasteiger partial charge in [-0.3, -0.25) is 15.0 Å². The molecule has 0 saturated carbocycles. The summed E-state index contributed by atoms with van der Waals surface area (Å²) < 4.78 is 5.14. The van der Waals surface area contributed by atoms with Crippen LogP contribution in [0.2, 0.25) is 5.02 Å². The van der Waals surface area contributed by atoms with Crippen LogP contribution < -0.4 is 4.90 Å². The van der Waals surface area contributed by atoms with E-state index in [0.29, 0.717) is 23.3 Å². The summed E-state index contributed by atoms with van der Waals surface area (Å²) in [6, 6.07) is 2.99. The Morgan fingerprint density at radius 2 is 2.04 bits per heavy atom. The third-order valence-electron chi connectivity index (χ3n) is 4.32. The molecule has 1 aliphatic rings. The van der Waals surface area contributed by atoms with Gasteiger partial charge in [-0.25, -0.2) is 0 Å². The highest BCUT2D eigenvalue weighted by Crippen LogP contribution is 2.34. The monoisotopic (exact) mass is 365 g/mol. The number of halogens is 1. The van der Waals surface area contributed by atoms with Crippen LogP contribution in [0.5, 0.6) is 0 Å². The summed E-state index contributed by atoms with van der Waals surface area (Å²) in [5.74, 6) is 1.36. The van der Waals surface area contributed by atoms with Gasteiger partial charge in [0.15, 0.2) is 5.82 Å². The van der Waals surface area contributed by atoms with E-state index in [-0.39, 0.29) is 5.69 Å². The smallest absolute Gasteiger partial charge is 0.271 e. The summed E-state index contributed by atoms with van der Waals surface area (Å²) in [7, 11) is 0. The molecule has 0 aliphatic carbocycles. The SMILES string of the molecule is CCc1nc(CN2CCN(c3c(C)cc([N+](=O)[O-])cc3Cl)CC2)no1. The second kappa shape index (κ2) is 7.37. The van der Waals surface area contributed by atoms with Crippen molar-refractivity contribution in [3.8, 4) is 0 Å². The Morgan fingerprint density at radius 1 is 1.32 bits per heavy atom. The van der Waals surface area contributed by atoms with E-state index in [1.165, 1.54) is 6.07 Å². The molecule has 0 amide bonds. The second-order valence-electron chi connectivity index (χ2n) is 6.07. The number of rotatable bonds is 5. The Hall–Kier alpha value is -2.19. The number of piperazine rings is 1. The van der Waals surface area contributed by atoms with Crippen molar-refractivity contribution in [2.75, 3.05) is 31.1 Å². The molecule has 0 atom stereocenters. The summed E-state index contributed by atoms with van der Waals surface area (Å²) in [5, 5.41) is 15.3. The Kier molecular flexibility index (Phi) is 5.19. The van der Waals surface area contributed by atoms with Gasteiger partial charge < -0.3 is 9.42 Å². The number of anilines is 1. The van der Waals surface area contributed by atoms with Gasteiger partial charge in [0.05, 0.1) is 22.2 Å². The van der Waals surface area contributed by atoms with Gasteiger partial charge in [0, 0.05) is 44.7 Å². The van der Waals surface area contributed by atoms with Crippen LogP contribution in [0, 0.1) is 17.0 Å². The van der Waals surface area contributed by atoms with Gasteiger partial charge >= 0.3 is 0 Å². The summed E-state index contributed by atoms with van der Waals surface area (Å²) in [6.45, 7) is 7.74. The number of nitro groups is 1. The molecule has 8 nitrogen and oxygen atoms in total. The number of aromatic nitrogens is 2. The van der Waals surface area contributed by atoms with Crippen molar-refractivity contribution < 1.29 is 9.45 Å². The van der Waals surface area contributed by atoms with E-state index in [9.17, 15) is 10.1 Å². The lowest BCUT2D eigenvalue weighted by Crippen LogP contribution is -2.46. The van der Waals surface area contributed by atoms with Crippen LogP contribution in [-0.4, -0.2) is 46.1 Å². The van der Waals surface area contributed by atoms with Gasteiger partial charge in [-0.1, -0.05) is 23.7 Å². The third kappa shape index (κ3) is 3.91. The number of nitro benzene ring substituents is 1. The van der Waals surface area contributed by atoms with E-state index in [4.69, 9.17) is 16.1 Å². The van der Waals surface area contributed by atoms with Crippen molar-refractivity contribution in [2.24, 2.45) is 0 Å². The van der Waals surface area contributed by atoms with Gasteiger partial charge in [-0.2, -0.15) is 4.98 Å².